The van der Waals surface area contributed by atoms with Crippen LogP contribution in [0.1, 0.15) is 11.1 Å². The maximum absolute atomic E-state index is 11.9. The molecule has 6 heteroatoms. The molecule has 0 aliphatic rings. The highest BCUT2D eigenvalue weighted by molar-refractivity contribution is 5.99. The largest absolute Gasteiger partial charge is 0.339 e. The number of amides is 2. The van der Waals surface area contributed by atoms with E-state index in [1.807, 2.05) is 42.5 Å². The minimum atomic E-state index is -0.365. The van der Waals surface area contributed by atoms with Crippen LogP contribution in [-0.2, 0) is 0 Å². The molecular formula is C19H19N5O. The summed E-state index contributed by atoms with van der Waals surface area (Å²) in [5, 5.41) is 16.7. The Bertz CT molecular complexity index is 863. The fraction of sp³-hybridized carbons (Fsp3) is 0.105. The predicted molar refractivity (Wildman–Crippen MR) is 100 cm³/mol. The van der Waals surface area contributed by atoms with Gasteiger partial charge in [0.1, 0.15) is 0 Å². The van der Waals surface area contributed by atoms with E-state index in [1.54, 1.807) is 12.1 Å². The molecule has 0 spiro atoms. The fourth-order valence-electron chi connectivity index (χ4n) is 2.29. The van der Waals surface area contributed by atoms with Crippen LogP contribution in [-0.4, -0.2) is 16.2 Å². The van der Waals surface area contributed by atoms with Gasteiger partial charge in [0.2, 0.25) is 0 Å². The van der Waals surface area contributed by atoms with E-state index in [1.165, 1.54) is 5.56 Å². The topological polar surface area (TPSA) is 78.9 Å². The van der Waals surface area contributed by atoms with Crippen molar-refractivity contribution in [3.05, 3.63) is 71.8 Å². The van der Waals surface area contributed by atoms with Gasteiger partial charge in [0, 0.05) is 11.4 Å². The van der Waals surface area contributed by atoms with E-state index in [-0.39, 0.29) is 6.03 Å². The van der Waals surface area contributed by atoms with E-state index in [9.17, 15) is 4.79 Å². The van der Waals surface area contributed by atoms with E-state index in [0.717, 1.165) is 11.3 Å². The lowest BCUT2D eigenvalue weighted by atomic mass is 10.1. The maximum atomic E-state index is 11.9. The van der Waals surface area contributed by atoms with Crippen molar-refractivity contribution < 1.29 is 4.79 Å². The number of aromatic nitrogens is 2. The number of aryl methyl sites for hydroxylation is 1. The van der Waals surface area contributed by atoms with Gasteiger partial charge in [-0.15, -0.1) is 10.2 Å². The molecule has 6 nitrogen and oxygen atoms in total. The van der Waals surface area contributed by atoms with Gasteiger partial charge in [-0.1, -0.05) is 30.3 Å². The summed E-state index contributed by atoms with van der Waals surface area (Å²) in [4.78, 5) is 11.9. The molecule has 25 heavy (non-hydrogen) atoms. The average molecular weight is 333 g/mol. The lowest BCUT2D eigenvalue weighted by Gasteiger charge is -2.11. The lowest BCUT2D eigenvalue weighted by Crippen LogP contribution is -2.20. The second kappa shape index (κ2) is 7.44. The summed E-state index contributed by atoms with van der Waals surface area (Å²) < 4.78 is 0. The first-order valence-electron chi connectivity index (χ1n) is 7.92. The van der Waals surface area contributed by atoms with Gasteiger partial charge in [-0.25, -0.2) is 4.79 Å². The van der Waals surface area contributed by atoms with Crippen molar-refractivity contribution in [2.45, 2.75) is 13.8 Å². The summed E-state index contributed by atoms with van der Waals surface area (Å²) in [7, 11) is 0. The zero-order chi connectivity index (χ0) is 17.6. The maximum Gasteiger partial charge on any atom is 0.324 e. The summed E-state index contributed by atoms with van der Waals surface area (Å²) >= 11 is 0. The number of rotatable bonds is 4. The molecule has 0 fully saturated rings. The van der Waals surface area contributed by atoms with Gasteiger partial charge in [-0.2, -0.15) is 0 Å². The molecule has 126 valence electrons. The van der Waals surface area contributed by atoms with Crippen LogP contribution < -0.4 is 16.0 Å². The first kappa shape index (κ1) is 16.4. The Morgan fingerprint density at radius 2 is 1.52 bits per heavy atom. The zero-order valence-corrected chi connectivity index (χ0v) is 14.1. The Balaban J connectivity index is 1.62. The van der Waals surface area contributed by atoms with Crippen LogP contribution in [0.4, 0.5) is 27.8 Å². The van der Waals surface area contributed by atoms with Crippen molar-refractivity contribution in [1.82, 2.24) is 10.2 Å². The zero-order valence-electron chi connectivity index (χ0n) is 14.1. The molecule has 0 saturated heterocycles. The SMILES string of the molecule is Cc1cccc(Nc2ccc(NC(=O)Nc3ccccc3)nn2)c1C. The number of urea groups is 1. The molecule has 0 bridgehead atoms. The van der Waals surface area contributed by atoms with Crippen LogP contribution in [0.5, 0.6) is 0 Å². The van der Waals surface area contributed by atoms with Gasteiger partial charge in [0.15, 0.2) is 11.6 Å². The van der Waals surface area contributed by atoms with Gasteiger partial charge < -0.3 is 10.6 Å². The van der Waals surface area contributed by atoms with Crippen LogP contribution in [0, 0.1) is 13.8 Å². The summed E-state index contributed by atoms with van der Waals surface area (Å²) in [5.41, 5.74) is 4.06. The smallest absolute Gasteiger partial charge is 0.324 e. The molecule has 2 aromatic carbocycles. The first-order valence-corrected chi connectivity index (χ1v) is 7.92. The first-order chi connectivity index (χ1) is 12.1. The Kier molecular flexibility index (Phi) is 4.89. The number of para-hydroxylation sites is 1. The summed E-state index contributed by atoms with van der Waals surface area (Å²) in [6.07, 6.45) is 0. The number of benzene rings is 2. The molecule has 0 aliphatic heterocycles. The minimum Gasteiger partial charge on any atom is -0.339 e. The normalized spacial score (nSPS) is 10.2. The number of hydrogen-bond donors (Lipinski definition) is 3. The van der Waals surface area contributed by atoms with Crippen LogP contribution in [0.3, 0.4) is 0 Å². The standard InChI is InChI=1S/C19H19N5O/c1-13-7-6-10-16(14(13)2)21-17-11-12-18(24-23-17)22-19(25)20-15-8-4-3-5-9-15/h3-12H,1-2H3,(H,21,23)(H2,20,22,24,25). The number of carbonyl (C=O) groups excluding carboxylic acids is 1. The highest BCUT2D eigenvalue weighted by Crippen LogP contribution is 2.21. The summed E-state index contributed by atoms with van der Waals surface area (Å²) in [6, 6.07) is 18.3. The highest BCUT2D eigenvalue weighted by atomic mass is 16.2. The van der Waals surface area contributed by atoms with Crippen molar-refractivity contribution in [2.75, 3.05) is 16.0 Å². The third kappa shape index (κ3) is 4.32. The van der Waals surface area contributed by atoms with Crippen LogP contribution in [0.25, 0.3) is 0 Å². The van der Waals surface area contributed by atoms with Gasteiger partial charge in [0.25, 0.3) is 0 Å². The molecule has 1 heterocycles. The molecule has 0 aliphatic carbocycles. The Labute approximate surface area is 146 Å². The molecule has 3 N–H and O–H groups in total. The van der Waals surface area contributed by atoms with Crippen molar-refractivity contribution >= 4 is 29.0 Å². The van der Waals surface area contributed by atoms with Gasteiger partial charge >= 0.3 is 6.03 Å². The Morgan fingerprint density at radius 3 is 2.24 bits per heavy atom. The number of carbonyl (C=O) groups is 1. The van der Waals surface area contributed by atoms with Crippen molar-refractivity contribution in [2.24, 2.45) is 0 Å². The molecule has 0 radical (unpaired) electrons. The lowest BCUT2D eigenvalue weighted by molar-refractivity contribution is 0.262. The molecule has 1 aromatic heterocycles. The second-order valence-corrected chi connectivity index (χ2v) is 5.62. The predicted octanol–water partition coefficient (Wildman–Crippen LogP) is 4.48. The quantitative estimate of drug-likeness (QED) is 0.657. The minimum absolute atomic E-state index is 0.365. The van der Waals surface area contributed by atoms with Crippen LogP contribution >= 0.6 is 0 Å². The third-order valence-electron chi connectivity index (χ3n) is 3.81. The van der Waals surface area contributed by atoms with E-state index in [2.05, 4.69) is 46.1 Å². The summed E-state index contributed by atoms with van der Waals surface area (Å²) in [5.74, 6) is 0.989. The van der Waals surface area contributed by atoms with Crippen molar-refractivity contribution in [3.63, 3.8) is 0 Å². The molecule has 0 saturated carbocycles. The molecule has 3 aromatic rings. The molecular weight excluding hydrogens is 314 g/mol. The van der Waals surface area contributed by atoms with Crippen LogP contribution in [0.2, 0.25) is 0 Å². The van der Waals surface area contributed by atoms with Crippen LogP contribution in [0.15, 0.2) is 60.7 Å². The van der Waals surface area contributed by atoms with E-state index in [0.29, 0.717) is 17.3 Å². The molecule has 2 amide bonds. The van der Waals surface area contributed by atoms with E-state index < -0.39 is 0 Å². The Morgan fingerprint density at radius 1 is 0.800 bits per heavy atom. The summed E-state index contributed by atoms with van der Waals surface area (Å²) in [6.45, 7) is 4.11. The molecule has 0 unspecified atom stereocenters. The van der Waals surface area contributed by atoms with Gasteiger partial charge in [-0.3, -0.25) is 5.32 Å². The molecule has 3 rings (SSSR count). The molecule has 0 atom stereocenters. The van der Waals surface area contributed by atoms with E-state index in [4.69, 9.17) is 0 Å². The monoisotopic (exact) mass is 333 g/mol. The van der Waals surface area contributed by atoms with Crippen molar-refractivity contribution in [3.8, 4) is 0 Å². The number of hydrogen-bond acceptors (Lipinski definition) is 4. The second-order valence-electron chi connectivity index (χ2n) is 5.62. The van der Waals surface area contributed by atoms with Gasteiger partial charge in [-0.05, 0) is 55.3 Å². The number of anilines is 4. The highest BCUT2D eigenvalue weighted by Gasteiger charge is 2.06. The number of nitrogens with one attached hydrogen (secondary N) is 3. The van der Waals surface area contributed by atoms with E-state index >= 15 is 0 Å². The number of nitrogens with zero attached hydrogens (tertiary/aromatic N) is 2. The Hall–Kier alpha value is -3.41. The fourth-order valence-corrected chi connectivity index (χ4v) is 2.29. The van der Waals surface area contributed by atoms with Crippen molar-refractivity contribution in [1.29, 1.82) is 0 Å². The van der Waals surface area contributed by atoms with Gasteiger partial charge in [0.05, 0.1) is 0 Å². The average Bonchev–Trinajstić information content (AvgIpc) is 2.61. The third-order valence-corrected chi connectivity index (χ3v) is 3.81.